The summed E-state index contributed by atoms with van der Waals surface area (Å²) < 4.78 is 0. The van der Waals surface area contributed by atoms with Gasteiger partial charge >= 0.3 is 0 Å². The first kappa shape index (κ1) is 11.9. The molecule has 2 nitrogen and oxygen atoms in total. The molecule has 2 heteroatoms. The van der Waals surface area contributed by atoms with Crippen LogP contribution in [0.5, 0.6) is 0 Å². The standard InChI is InChI=1S/C9H14N2.C2H6/c1-7(2)11-9-6-10-5-4-8(9)3;1-2/h4-7,11H,1-3H3;1-2H3. The lowest BCUT2D eigenvalue weighted by Crippen LogP contribution is -2.10. The predicted octanol–water partition coefficient (Wildman–Crippen LogP) is 3.24. The number of nitrogens with one attached hydrogen (secondary N) is 1. The molecule has 1 N–H and O–H groups in total. The number of aromatic nitrogens is 1. The molecule has 0 aliphatic heterocycles. The van der Waals surface area contributed by atoms with E-state index in [0.717, 1.165) is 5.69 Å². The molecule has 0 atom stereocenters. The summed E-state index contributed by atoms with van der Waals surface area (Å²) in [5.74, 6) is 0. The van der Waals surface area contributed by atoms with E-state index in [1.165, 1.54) is 5.56 Å². The smallest absolute Gasteiger partial charge is 0.0558 e. The number of hydrogen-bond acceptors (Lipinski definition) is 2. The highest BCUT2D eigenvalue weighted by Gasteiger charge is 1.97. The average molecular weight is 180 g/mol. The number of rotatable bonds is 2. The van der Waals surface area contributed by atoms with Gasteiger partial charge < -0.3 is 5.32 Å². The Kier molecular flexibility index (Phi) is 5.94. The van der Waals surface area contributed by atoms with Gasteiger partial charge in [-0.25, -0.2) is 0 Å². The van der Waals surface area contributed by atoms with Crippen LogP contribution in [0.2, 0.25) is 0 Å². The quantitative estimate of drug-likeness (QED) is 0.755. The molecule has 0 unspecified atom stereocenters. The number of anilines is 1. The second kappa shape index (κ2) is 6.46. The topological polar surface area (TPSA) is 24.9 Å². The zero-order valence-electron chi connectivity index (χ0n) is 9.26. The van der Waals surface area contributed by atoms with Crippen LogP contribution in [0.15, 0.2) is 18.5 Å². The molecule has 1 rings (SSSR count). The highest BCUT2D eigenvalue weighted by atomic mass is 14.9. The monoisotopic (exact) mass is 180 g/mol. The van der Waals surface area contributed by atoms with Gasteiger partial charge in [-0.05, 0) is 32.4 Å². The van der Waals surface area contributed by atoms with Crippen molar-refractivity contribution in [1.82, 2.24) is 4.98 Å². The second-order valence-corrected chi connectivity index (χ2v) is 2.99. The van der Waals surface area contributed by atoms with E-state index in [2.05, 4.69) is 31.1 Å². The average Bonchev–Trinajstić information content (AvgIpc) is 2.12. The van der Waals surface area contributed by atoms with E-state index in [9.17, 15) is 0 Å². The lowest BCUT2D eigenvalue weighted by atomic mass is 10.2. The Labute approximate surface area is 81.4 Å². The van der Waals surface area contributed by atoms with Crippen molar-refractivity contribution in [2.45, 2.75) is 40.7 Å². The van der Waals surface area contributed by atoms with Crippen LogP contribution >= 0.6 is 0 Å². The highest BCUT2D eigenvalue weighted by Crippen LogP contribution is 2.11. The van der Waals surface area contributed by atoms with E-state index in [-0.39, 0.29) is 0 Å². The van der Waals surface area contributed by atoms with Crippen LogP contribution in [0.25, 0.3) is 0 Å². The molecular formula is C11H20N2. The fourth-order valence-corrected chi connectivity index (χ4v) is 0.926. The van der Waals surface area contributed by atoms with Crippen LogP contribution < -0.4 is 5.32 Å². The van der Waals surface area contributed by atoms with Gasteiger partial charge in [0.2, 0.25) is 0 Å². The SMILES string of the molecule is CC.Cc1ccncc1NC(C)C. The fraction of sp³-hybridized carbons (Fsp3) is 0.545. The van der Waals surface area contributed by atoms with Crippen molar-refractivity contribution >= 4 is 5.69 Å². The van der Waals surface area contributed by atoms with Gasteiger partial charge in [-0.2, -0.15) is 0 Å². The number of aryl methyl sites for hydroxylation is 1. The summed E-state index contributed by atoms with van der Waals surface area (Å²) in [6.45, 7) is 10.3. The van der Waals surface area contributed by atoms with Crippen molar-refractivity contribution < 1.29 is 0 Å². The summed E-state index contributed by atoms with van der Waals surface area (Å²) in [6.07, 6.45) is 3.66. The van der Waals surface area contributed by atoms with Crippen molar-refractivity contribution in [3.8, 4) is 0 Å². The first-order valence-corrected chi connectivity index (χ1v) is 4.87. The molecule has 0 radical (unpaired) electrons. The molecule has 0 aliphatic carbocycles. The number of hydrogen-bond donors (Lipinski definition) is 1. The van der Waals surface area contributed by atoms with Crippen molar-refractivity contribution in [2.24, 2.45) is 0 Å². The van der Waals surface area contributed by atoms with Crippen molar-refractivity contribution in [3.63, 3.8) is 0 Å². The van der Waals surface area contributed by atoms with Gasteiger partial charge in [0.1, 0.15) is 0 Å². The fourth-order valence-electron chi connectivity index (χ4n) is 0.926. The zero-order chi connectivity index (χ0) is 10.3. The van der Waals surface area contributed by atoms with Crippen molar-refractivity contribution in [2.75, 3.05) is 5.32 Å². The molecule has 0 aromatic carbocycles. The Bertz CT molecular complexity index is 231. The van der Waals surface area contributed by atoms with E-state index >= 15 is 0 Å². The van der Waals surface area contributed by atoms with Gasteiger partial charge in [0, 0.05) is 12.2 Å². The summed E-state index contributed by atoms with van der Waals surface area (Å²) in [7, 11) is 0. The Morgan fingerprint density at radius 3 is 2.38 bits per heavy atom. The molecule has 1 heterocycles. The van der Waals surface area contributed by atoms with Crippen molar-refractivity contribution in [1.29, 1.82) is 0 Å². The Morgan fingerprint density at radius 2 is 1.92 bits per heavy atom. The maximum absolute atomic E-state index is 4.04. The minimum atomic E-state index is 0.470. The molecule has 13 heavy (non-hydrogen) atoms. The molecule has 0 aliphatic rings. The van der Waals surface area contributed by atoms with Crippen LogP contribution in [0, 0.1) is 6.92 Å². The van der Waals surface area contributed by atoms with Gasteiger partial charge in [0.05, 0.1) is 11.9 Å². The third-order valence-corrected chi connectivity index (χ3v) is 1.48. The minimum Gasteiger partial charge on any atom is -0.381 e. The summed E-state index contributed by atoms with van der Waals surface area (Å²) in [6, 6.07) is 2.47. The summed E-state index contributed by atoms with van der Waals surface area (Å²) in [4.78, 5) is 4.04. The molecule has 0 fully saturated rings. The lowest BCUT2D eigenvalue weighted by Gasteiger charge is -2.11. The van der Waals surface area contributed by atoms with Gasteiger partial charge in [-0.15, -0.1) is 0 Å². The van der Waals surface area contributed by atoms with Crippen LogP contribution in [0.3, 0.4) is 0 Å². The molecule has 0 amide bonds. The highest BCUT2D eigenvalue weighted by molar-refractivity contribution is 5.48. The number of pyridine rings is 1. The molecular weight excluding hydrogens is 160 g/mol. The molecule has 74 valence electrons. The number of nitrogens with zero attached hydrogens (tertiary/aromatic N) is 1. The molecule has 1 aromatic heterocycles. The molecule has 0 bridgehead atoms. The van der Waals surface area contributed by atoms with Crippen LogP contribution in [0.1, 0.15) is 33.3 Å². The van der Waals surface area contributed by atoms with E-state index in [0.29, 0.717) is 6.04 Å². The van der Waals surface area contributed by atoms with Gasteiger partial charge in [0.25, 0.3) is 0 Å². The third kappa shape index (κ3) is 4.51. The van der Waals surface area contributed by atoms with E-state index < -0.39 is 0 Å². The van der Waals surface area contributed by atoms with Gasteiger partial charge in [-0.1, -0.05) is 13.8 Å². The maximum Gasteiger partial charge on any atom is 0.0558 e. The van der Waals surface area contributed by atoms with E-state index in [4.69, 9.17) is 0 Å². The largest absolute Gasteiger partial charge is 0.381 e. The first-order chi connectivity index (χ1) is 6.20. The zero-order valence-corrected chi connectivity index (χ0v) is 9.26. The van der Waals surface area contributed by atoms with Gasteiger partial charge in [0.15, 0.2) is 0 Å². The van der Waals surface area contributed by atoms with Crippen molar-refractivity contribution in [3.05, 3.63) is 24.0 Å². The molecule has 0 saturated carbocycles. The summed E-state index contributed by atoms with van der Waals surface area (Å²) in [5, 5.41) is 3.31. The molecule has 0 saturated heterocycles. The minimum absolute atomic E-state index is 0.470. The van der Waals surface area contributed by atoms with Crippen LogP contribution in [-0.2, 0) is 0 Å². The predicted molar refractivity (Wildman–Crippen MR) is 59.1 cm³/mol. The van der Waals surface area contributed by atoms with Crippen LogP contribution in [0.4, 0.5) is 5.69 Å². The van der Waals surface area contributed by atoms with E-state index in [1.807, 2.05) is 26.1 Å². The third-order valence-electron chi connectivity index (χ3n) is 1.48. The Balaban J connectivity index is 0.000000671. The van der Waals surface area contributed by atoms with Crippen LogP contribution in [-0.4, -0.2) is 11.0 Å². The summed E-state index contributed by atoms with van der Waals surface area (Å²) >= 11 is 0. The Morgan fingerprint density at radius 1 is 1.31 bits per heavy atom. The Hall–Kier alpha value is -1.05. The molecule has 0 spiro atoms. The second-order valence-electron chi connectivity index (χ2n) is 2.99. The normalized spacial score (nSPS) is 9.08. The first-order valence-electron chi connectivity index (χ1n) is 4.87. The maximum atomic E-state index is 4.04. The molecule has 1 aromatic rings. The van der Waals surface area contributed by atoms with Gasteiger partial charge in [-0.3, -0.25) is 4.98 Å². The van der Waals surface area contributed by atoms with E-state index in [1.54, 1.807) is 6.20 Å². The summed E-state index contributed by atoms with van der Waals surface area (Å²) in [5.41, 5.74) is 2.37. The lowest BCUT2D eigenvalue weighted by molar-refractivity contribution is 0.895.